The molecule has 2 aromatic carbocycles. The molecule has 6 rings (SSSR count). The van der Waals surface area contributed by atoms with Crippen LogP contribution in [-0.2, 0) is 0 Å². The number of hydrogen-bond acceptors (Lipinski definition) is 5. The lowest BCUT2D eigenvalue weighted by Crippen LogP contribution is -2.54. The van der Waals surface area contributed by atoms with Crippen molar-refractivity contribution in [2.24, 2.45) is 15.9 Å². The molecule has 3 unspecified atom stereocenters. The Hall–Kier alpha value is -3.28. The fourth-order valence-electron chi connectivity index (χ4n) is 6.34. The molecule has 2 aromatic rings. The molecule has 184 valence electrons. The Balaban J connectivity index is 1.55. The maximum atomic E-state index is 9.82. The first-order chi connectivity index (χ1) is 17.6. The first kappa shape index (κ1) is 23.1. The number of hydrogen-bond donors (Lipinski definition) is 2. The van der Waals surface area contributed by atoms with E-state index in [4.69, 9.17) is 9.98 Å². The van der Waals surface area contributed by atoms with Crippen molar-refractivity contribution in [1.29, 1.82) is 0 Å². The zero-order chi connectivity index (χ0) is 24.8. The standard InChI is InChI=1S/C31H33N3O2/c1-30(20-35,21-36)32-24-15-16-27-29(18-24)34-28(23-12-6-3-7-13-23)19-25(22-10-4-2-5-11-22)26-14-8-9-17-31(26,34)33-27/h2-7,10-13,15-16,18-19,25-26,35-36H,8-9,14,17,20-21H2,1H3. The summed E-state index contributed by atoms with van der Waals surface area (Å²) < 4.78 is 0. The van der Waals surface area contributed by atoms with Crippen molar-refractivity contribution in [2.45, 2.75) is 49.7 Å². The molecule has 0 bridgehead atoms. The van der Waals surface area contributed by atoms with Crippen LogP contribution in [0.3, 0.4) is 0 Å². The molecule has 0 amide bonds. The van der Waals surface area contributed by atoms with Crippen molar-refractivity contribution >= 4 is 17.1 Å². The van der Waals surface area contributed by atoms with Gasteiger partial charge in [0.2, 0.25) is 0 Å². The smallest absolute Gasteiger partial charge is 0.140 e. The lowest BCUT2D eigenvalue weighted by molar-refractivity contribution is 0.0687. The van der Waals surface area contributed by atoms with Crippen LogP contribution in [0.5, 0.6) is 0 Å². The SMILES string of the molecule is CC(CO)(CO)N=C1C=CC2=NC34CCCCC3C(c3ccccc3)C=C(c3ccccc3)N4C2=C1. The third-order valence-electron chi connectivity index (χ3n) is 8.15. The van der Waals surface area contributed by atoms with Crippen LogP contribution in [0.1, 0.15) is 49.7 Å². The van der Waals surface area contributed by atoms with Crippen molar-refractivity contribution in [3.63, 3.8) is 0 Å². The summed E-state index contributed by atoms with van der Waals surface area (Å²) >= 11 is 0. The Morgan fingerprint density at radius 2 is 1.69 bits per heavy atom. The maximum Gasteiger partial charge on any atom is 0.140 e. The minimum absolute atomic E-state index is 0.214. The molecule has 0 radical (unpaired) electrons. The van der Waals surface area contributed by atoms with E-state index >= 15 is 0 Å². The molecule has 4 aliphatic rings. The second-order valence-corrected chi connectivity index (χ2v) is 10.6. The molecule has 5 nitrogen and oxygen atoms in total. The summed E-state index contributed by atoms with van der Waals surface area (Å²) in [6.45, 7) is 1.34. The van der Waals surface area contributed by atoms with Crippen molar-refractivity contribution in [1.82, 2.24) is 4.90 Å². The lowest BCUT2D eigenvalue weighted by Gasteiger charge is -2.53. The van der Waals surface area contributed by atoms with Gasteiger partial charge in [0.15, 0.2) is 0 Å². The Labute approximate surface area is 212 Å². The fourth-order valence-corrected chi connectivity index (χ4v) is 6.34. The molecule has 2 heterocycles. The molecule has 2 aliphatic heterocycles. The number of allylic oxidation sites excluding steroid dienone is 4. The molecule has 1 fully saturated rings. The van der Waals surface area contributed by atoms with E-state index < -0.39 is 5.54 Å². The van der Waals surface area contributed by atoms with Crippen molar-refractivity contribution < 1.29 is 10.2 Å². The number of aliphatic hydroxyl groups excluding tert-OH is 2. The van der Waals surface area contributed by atoms with Gasteiger partial charge in [-0.2, -0.15) is 0 Å². The van der Waals surface area contributed by atoms with Gasteiger partial charge in [0.05, 0.1) is 30.3 Å². The fraction of sp³-hybridized carbons (Fsp3) is 0.355. The van der Waals surface area contributed by atoms with E-state index in [1.165, 1.54) is 23.2 Å². The predicted molar refractivity (Wildman–Crippen MR) is 145 cm³/mol. The van der Waals surface area contributed by atoms with Crippen LogP contribution in [0.15, 0.2) is 101 Å². The van der Waals surface area contributed by atoms with Crippen LogP contribution in [-0.4, -0.2) is 51.0 Å². The number of fused-ring (bicyclic) bond motifs is 2. The van der Waals surface area contributed by atoms with Gasteiger partial charge in [-0.25, -0.2) is 0 Å². The first-order valence-corrected chi connectivity index (χ1v) is 13.0. The first-order valence-electron chi connectivity index (χ1n) is 13.0. The lowest BCUT2D eigenvalue weighted by atomic mass is 9.66. The zero-order valence-electron chi connectivity index (χ0n) is 20.7. The molecule has 36 heavy (non-hydrogen) atoms. The Bertz CT molecular complexity index is 1290. The number of rotatable bonds is 5. The van der Waals surface area contributed by atoms with E-state index in [2.05, 4.69) is 83.8 Å². The second-order valence-electron chi connectivity index (χ2n) is 10.6. The predicted octanol–water partition coefficient (Wildman–Crippen LogP) is 5.11. The Morgan fingerprint density at radius 3 is 2.42 bits per heavy atom. The van der Waals surface area contributed by atoms with Gasteiger partial charge >= 0.3 is 0 Å². The van der Waals surface area contributed by atoms with Crippen LogP contribution in [0, 0.1) is 5.92 Å². The van der Waals surface area contributed by atoms with Gasteiger partial charge in [-0.3, -0.25) is 9.98 Å². The molecule has 1 saturated carbocycles. The molecule has 1 spiro atoms. The highest BCUT2D eigenvalue weighted by molar-refractivity contribution is 6.22. The van der Waals surface area contributed by atoms with Crippen LogP contribution in [0.25, 0.3) is 5.70 Å². The molecule has 3 atom stereocenters. The van der Waals surface area contributed by atoms with Crippen LogP contribution in [0.4, 0.5) is 0 Å². The van der Waals surface area contributed by atoms with Gasteiger partial charge in [0.1, 0.15) is 11.2 Å². The van der Waals surface area contributed by atoms with Crippen LogP contribution in [0.2, 0.25) is 0 Å². The highest BCUT2D eigenvalue weighted by Gasteiger charge is 2.56. The minimum Gasteiger partial charge on any atom is -0.394 e. The molecule has 0 saturated heterocycles. The Kier molecular flexibility index (Phi) is 5.78. The molecule has 5 heteroatoms. The molecule has 2 N–H and O–H groups in total. The highest BCUT2D eigenvalue weighted by Crippen LogP contribution is 2.57. The quantitative estimate of drug-likeness (QED) is 0.586. The summed E-state index contributed by atoms with van der Waals surface area (Å²) in [4.78, 5) is 12.7. The minimum atomic E-state index is -0.923. The van der Waals surface area contributed by atoms with Gasteiger partial charge in [-0.1, -0.05) is 73.2 Å². The number of aliphatic imine (C=N–C) groups is 2. The summed E-state index contributed by atoms with van der Waals surface area (Å²) in [5, 5.41) is 19.6. The number of aliphatic hydroxyl groups is 2. The van der Waals surface area contributed by atoms with Crippen LogP contribution < -0.4 is 0 Å². The summed E-state index contributed by atoms with van der Waals surface area (Å²) in [5.41, 5.74) is 5.26. The van der Waals surface area contributed by atoms with E-state index in [0.717, 1.165) is 36.4 Å². The van der Waals surface area contributed by atoms with Gasteiger partial charge in [0.25, 0.3) is 0 Å². The average Bonchev–Trinajstić information content (AvgIpc) is 3.26. The number of benzene rings is 2. The summed E-state index contributed by atoms with van der Waals surface area (Å²) in [5.74, 6) is 0.654. The van der Waals surface area contributed by atoms with Crippen molar-refractivity contribution in [3.8, 4) is 0 Å². The summed E-state index contributed by atoms with van der Waals surface area (Å²) in [7, 11) is 0. The van der Waals surface area contributed by atoms with Crippen LogP contribution >= 0.6 is 0 Å². The van der Waals surface area contributed by atoms with Crippen molar-refractivity contribution in [3.05, 3.63) is 102 Å². The zero-order valence-corrected chi connectivity index (χ0v) is 20.7. The molecular formula is C31H33N3O2. The molecule has 2 aliphatic carbocycles. The van der Waals surface area contributed by atoms with Gasteiger partial charge in [-0.05, 0) is 55.5 Å². The van der Waals surface area contributed by atoms with Crippen molar-refractivity contribution in [2.75, 3.05) is 13.2 Å². The van der Waals surface area contributed by atoms with E-state index in [-0.39, 0.29) is 24.8 Å². The maximum absolute atomic E-state index is 9.82. The van der Waals surface area contributed by atoms with Gasteiger partial charge in [-0.15, -0.1) is 0 Å². The third kappa shape index (κ3) is 3.69. The van der Waals surface area contributed by atoms with Gasteiger partial charge < -0.3 is 15.1 Å². The topological polar surface area (TPSA) is 68.4 Å². The van der Waals surface area contributed by atoms with E-state index in [0.29, 0.717) is 5.92 Å². The van der Waals surface area contributed by atoms with E-state index in [1.807, 2.05) is 6.08 Å². The molecule has 0 aromatic heterocycles. The second kappa shape index (κ2) is 8.99. The third-order valence-corrected chi connectivity index (χ3v) is 8.15. The van der Waals surface area contributed by atoms with E-state index in [9.17, 15) is 10.2 Å². The molecular weight excluding hydrogens is 446 g/mol. The monoisotopic (exact) mass is 479 g/mol. The summed E-state index contributed by atoms with van der Waals surface area (Å²) in [6.07, 6.45) is 13.1. The summed E-state index contributed by atoms with van der Waals surface area (Å²) in [6, 6.07) is 21.5. The Morgan fingerprint density at radius 1 is 0.972 bits per heavy atom. The largest absolute Gasteiger partial charge is 0.394 e. The average molecular weight is 480 g/mol. The van der Waals surface area contributed by atoms with Gasteiger partial charge in [0, 0.05) is 17.5 Å². The highest BCUT2D eigenvalue weighted by atomic mass is 16.3. The normalized spacial score (nSPS) is 28.1. The number of nitrogens with zero attached hydrogens (tertiary/aromatic N) is 3. The van der Waals surface area contributed by atoms with E-state index in [1.54, 1.807) is 6.92 Å².